The molecule has 1 amide bonds. The predicted octanol–water partition coefficient (Wildman–Crippen LogP) is 5.72. The minimum absolute atomic E-state index is 0.00223. The third-order valence-electron chi connectivity index (χ3n) is 13.8. The maximum atomic E-state index is 14.3. The normalized spacial score (nSPS) is 37.1. The van der Waals surface area contributed by atoms with Gasteiger partial charge in [-0.2, -0.15) is 0 Å². The first kappa shape index (κ1) is 39.1. The average Bonchev–Trinajstić information content (AvgIpc) is 3.31. The second-order valence-corrected chi connectivity index (χ2v) is 17.2. The van der Waals surface area contributed by atoms with Crippen molar-refractivity contribution in [2.24, 2.45) is 63.7 Å². The molecule has 0 saturated heterocycles. The van der Waals surface area contributed by atoms with E-state index in [1.54, 1.807) is 0 Å². The molecule has 9 heteroatoms. The highest BCUT2D eigenvalue weighted by Gasteiger charge is 2.67. The molecular weight excluding hydrogens is 604 g/mol. The first-order valence-corrected chi connectivity index (χ1v) is 19.5. The van der Waals surface area contributed by atoms with E-state index in [0.717, 1.165) is 90.1 Å². The highest BCUT2D eigenvalue weighted by Crippen LogP contribution is 2.70. The number of hydrogen-bond acceptors (Lipinski definition) is 8. The number of rotatable bonds is 16. The van der Waals surface area contributed by atoms with Crippen LogP contribution in [0.2, 0.25) is 0 Å². The average molecular weight is 675 g/mol. The fourth-order valence-corrected chi connectivity index (χ4v) is 11.6. The van der Waals surface area contributed by atoms with E-state index in [0.29, 0.717) is 49.1 Å². The van der Waals surface area contributed by atoms with Crippen LogP contribution in [0.15, 0.2) is 0 Å². The summed E-state index contributed by atoms with van der Waals surface area (Å²) in [6.45, 7) is 17.7. The van der Waals surface area contributed by atoms with Crippen LogP contribution in [-0.4, -0.2) is 61.8 Å². The smallest absolute Gasteiger partial charge is 0.302 e. The Labute approximate surface area is 291 Å². The van der Waals surface area contributed by atoms with Crippen molar-refractivity contribution in [1.29, 1.82) is 0 Å². The molecule has 276 valence electrons. The van der Waals surface area contributed by atoms with Gasteiger partial charge in [0.25, 0.3) is 0 Å². The summed E-state index contributed by atoms with van der Waals surface area (Å²) < 4.78 is 12.0. The number of fused-ring (bicyclic) bond motifs is 5. The SMILES string of the molecule is CC(=O)OC1CC[C@]2(C)C3CCC4C(C(N)(CCCC(C)C)C(=O)NCCCNCCCCN)[C@@H](OC(C)=O)CC4(C)C3CCC2[C@@H]1C. The number of ether oxygens (including phenoxy) is 2. The molecule has 0 heterocycles. The van der Waals surface area contributed by atoms with E-state index in [2.05, 4.69) is 45.3 Å². The fourth-order valence-electron chi connectivity index (χ4n) is 11.6. The molecule has 4 saturated carbocycles. The molecule has 8 unspecified atom stereocenters. The van der Waals surface area contributed by atoms with Gasteiger partial charge in [0.05, 0.1) is 0 Å². The number of esters is 2. The number of nitrogens with two attached hydrogens (primary N) is 2. The molecular formula is C39H70N4O5. The Hall–Kier alpha value is -1.71. The number of unbranched alkanes of at least 4 members (excludes halogenated alkanes) is 1. The molecule has 4 aliphatic carbocycles. The predicted molar refractivity (Wildman–Crippen MR) is 191 cm³/mol. The molecule has 48 heavy (non-hydrogen) atoms. The van der Waals surface area contributed by atoms with Crippen LogP contribution < -0.4 is 22.1 Å². The van der Waals surface area contributed by atoms with E-state index >= 15 is 0 Å². The van der Waals surface area contributed by atoms with Gasteiger partial charge < -0.3 is 31.6 Å². The molecule has 4 fully saturated rings. The van der Waals surface area contributed by atoms with Crippen molar-refractivity contribution >= 4 is 17.8 Å². The van der Waals surface area contributed by atoms with E-state index in [4.69, 9.17) is 20.9 Å². The number of carbonyl (C=O) groups is 3. The quantitative estimate of drug-likeness (QED) is 0.120. The third-order valence-corrected chi connectivity index (χ3v) is 13.8. The molecule has 0 radical (unpaired) electrons. The molecule has 4 aliphatic rings. The van der Waals surface area contributed by atoms with Crippen molar-refractivity contribution in [3.8, 4) is 0 Å². The van der Waals surface area contributed by atoms with E-state index in [1.165, 1.54) is 13.8 Å². The zero-order valence-electron chi connectivity index (χ0n) is 31.4. The molecule has 11 atom stereocenters. The second kappa shape index (κ2) is 16.5. The molecule has 0 aromatic rings. The lowest BCUT2D eigenvalue weighted by Crippen LogP contribution is -2.64. The summed E-state index contributed by atoms with van der Waals surface area (Å²) in [5.41, 5.74) is 12.1. The van der Waals surface area contributed by atoms with Crippen LogP contribution in [0.4, 0.5) is 0 Å². The summed E-state index contributed by atoms with van der Waals surface area (Å²) in [4.78, 5) is 38.9. The first-order valence-electron chi connectivity index (χ1n) is 19.5. The van der Waals surface area contributed by atoms with Gasteiger partial charge in [0.1, 0.15) is 17.7 Å². The van der Waals surface area contributed by atoms with Gasteiger partial charge in [-0.15, -0.1) is 0 Å². The van der Waals surface area contributed by atoms with Gasteiger partial charge in [0, 0.05) is 26.3 Å². The summed E-state index contributed by atoms with van der Waals surface area (Å²) in [6, 6.07) is 0. The molecule has 0 aromatic carbocycles. The van der Waals surface area contributed by atoms with Crippen LogP contribution >= 0.6 is 0 Å². The van der Waals surface area contributed by atoms with E-state index in [-0.39, 0.29) is 52.7 Å². The Bertz CT molecular complexity index is 1100. The highest BCUT2D eigenvalue weighted by molar-refractivity contribution is 5.86. The lowest BCUT2D eigenvalue weighted by Gasteiger charge is -2.63. The number of nitrogens with one attached hydrogen (secondary N) is 2. The molecule has 4 rings (SSSR count). The van der Waals surface area contributed by atoms with Crippen molar-refractivity contribution in [3.05, 3.63) is 0 Å². The monoisotopic (exact) mass is 675 g/mol. The molecule has 6 N–H and O–H groups in total. The van der Waals surface area contributed by atoms with Crippen LogP contribution in [-0.2, 0) is 23.9 Å². The van der Waals surface area contributed by atoms with Gasteiger partial charge in [-0.1, -0.05) is 47.5 Å². The number of carbonyl (C=O) groups excluding carboxylic acids is 3. The zero-order valence-corrected chi connectivity index (χ0v) is 31.4. The van der Waals surface area contributed by atoms with E-state index in [1.807, 2.05) is 0 Å². The highest BCUT2D eigenvalue weighted by atomic mass is 16.5. The minimum Gasteiger partial charge on any atom is -0.462 e. The van der Waals surface area contributed by atoms with Crippen LogP contribution in [0.1, 0.15) is 132 Å². The van der Waals surface area contributed by atoms with E-state index in [9.17, 15) is 14.4 Å². The van der Waals surface area contributed by atoms with Gasteiger partial charge in [-0.25, -0.2) is 0 Å². The zero-order chi connectivity index (χ0) is 35.3. The maximum absolute atomic E-state index is 14.3. The Morgan fingerprint density at radius 1 is 0.812 bits per heavy atom. The lowest BCUT2D eigenvalue weighted by molar-refractivity contribution is -0.176. The topological polar surface area (TPSA) is 146 Å². The Balaban J connectivity index is 1.57. The molecule has 0 spiro atoms. The summed E-state index contributed by atoms with van der Waals surface area (Å²) in [5, 5.41) is 6.69. The number of amides is 1. The van der Waals surface area contributed by atoms with Crippen LogP contribution in [0, 0.1) is 52.3 Å². The maximum Gasteiger partial charge on any atom is 0.302 e. The lowest BCUT2D eigenvalue weighted by atomic mass is 9.42. The Kier molecular flexibility index (Phi) is 13.5. The van der Waals surface area contributed by atoms with Crippen LogP contribution in [0.5, 0.6) is 0 Å². The third kappa shape index (κ3) is 8.25. The van der Waals surface area contributed by atoms with Crippen LogP contribution in [0.25, 0.3) is 0 Å². The van der Waals surface area contributed by atoms with Crippen molar-refractivity contribution in [1.82, 2.24) is 10.6 Å². The summed E-state index contributed by atoms with van der Waals surface area (Å²) in [5.74, 6) is 1.83. The van der Waals surface area contributed by atoms with Gasteiger partial charge in [0.15, 0.2) is 0 Å². The van der Waals surface area contributed by atoms with Gasteiger partial charge in [0.2, 0.25) is 5.91 Å². The molecule has 9 nitrogen and oxygen atoms in total. The molecule has 0 aromatic heterocycles. The van der Waals surface area contributed by atoms with Crippen LogP contribution in [0.3, 0.4) is 0 Å². The van der Waals surface area contributed by atoms with Gasteiger partial charge >= 0.3 is 11.9 Å². The standard InChI is InChI=1S/C39H70N4O5/c1-25(2)12-10-18-39(41,36(46)43-23-11-22-42-21-9-8-20-40)35-32-16-15-30-31(38(32,7)24-34(35)48-28(5)45)14-13-29-26(3)33(47-27(4)44)17-19-37(29,30)6/h25-26,29-35,42H,8-24,40-41H2,1-7H3,(H,43,46)/t26-,29?,30?,31?,32?,33?,34-,35?,37-,38?,39?/m0/s1. The Morgan fingerprint density at radius 3 is 2.06 bits per heavy atom. The molecule has 0 aliphatic heterocycles. The number of hydrogen-bond donors (Lipinski definition) is 4. The summed E-state index contributed by atoms with van der Waals surface area (Å²) in [6.07, 6.45) is 12.1. The second-order valence-electron chi connectivity index (χ2n) is 17.2. The first-order chi connectivity index (χ1) is 22.7. The van der Waals surface area contributed by atoms with Crippen molar-refractivity contribution in [3.63, 3.8) is 0 Å². The Morgan fingerprint density at radius 2 is 1.42 bits per heavy atom. The largest absolute Gasteiger partial charge is 0.462 e. The van der Waals surface area contributed by atoms with E-state index < -0.39 is 5.54 Å². The van der Waals surface area contributed by atoms with Gasteiger partial charge in [-0.3, -0.25) is 14.4 Å². The van der Waals surface area contributed by atoms with Crippen molar-refractivity contribution in [2.75, 3.05) is 26.2 Å². The summed E-state index contributed by atoms with van der Waals surface area (Å²) >= 11 is 0. The van der Waals surface area contributed by atoms with Gasteiger partial charge in [-0.05, 0) is 137 Å². The molecule has 0 bridgehead atoms. The minimum atomic E-state index is -1.11. The fraction of sp³-hybridized carbons (Fsp3) is 0.923. The summed E-state index contributed by atoms with van der Waals surface area (Å²) in [7, 11) is 0. The van der Waals surface area contributed by atoms with Crippen molar-refractivity contribution in [2.45, 2.75) is 150 Å². The van der Waals surface area contributed by atoms with Crippen molar-refractivity contribution < 1.29 is 23.9 Å².